The molecule has 1 aromatic carbocycles. The Labute approximate surface area is 116 Å². The predicted molar refractivity (Wildman–Crippen MR) is 71.6 cm³/mol. The number of benzene rings is 1. The van der Waals surface area contributed by atoms with Crippen LogP contribution >= 0.6 is 0 Å². The lowest BCUT2D eigenvalue weighted by Crippen LogP contribution is -2.35. The number of sulfonamides is 1. The first kappa shape index (κ1) is 16.5. The van der Waals surface area contributed by atoms with Gasteiger partial charge in [0, 0.05) is 25.8 Å². The van der Waals surface area contributed by atoms with Crippen LogP contribution in [0.1, 0.15) is 5.56 Å². The van der Waals surface area contributed by atoms with Gasteiger partial charge in [-0.05, 0) is 5.56 Å². The normalized spacial score (nSPS) is 13.1. The molecule has 0 aliphatic heterocycles. The molecule has 0 saturated carbocycles. The topological polar surface area (TPSA) is 119 Å². The molecule has 0 radical (unpaired) electrons. The maximum absolute atomic E-state index is 11.7. The summed E-state index contributed by atoms with van der Waals surface area (Å²) in [6.07, 6.45) is -0.924. The summed E-state index contributed by atoms with van der Waals surface area (Å²) in [5.74, 6) is -0.315. The molecule has 0 heterocycles. The first-order valence-corrected chi connectivity index (χ1v) is 7.37. The summed E-state index contributed by atoms with van der Waals surface area (Å²) < 4.78 is 30.4. The van der Waals surface area contributed by atoms with Crippen LogP contribution < -0.4 is 4.72 Å². The summed E-state index contributed by atoms with van der Waals surface area (Å²) in [5, 5.41) is 19.8. The smallest absolute Gasteiger partial charge is 0.269 e. The first-order valence-electron chi connectivity index (χ1n) is 5.71. The zero-order valence-corrected chi connectivity index (χ0v) is 11.7. The Morgan fingerprint density at radius 3 is 2.50 bits per heavy atom. The van der Waals surface area contributed by atoms with Crippen LogP contribution in [-0.2, 0) is 20.5 Å². The molecule has 1 rings (SSSR count). The summed E-state index contributed by atoms with van der Waals surface area (Å²) in [6, 6.07) is 5.24. The fraction of sp³-hybridized carbons (Fsp3) is 0.455. The second kappa shape index (κ2) is 7.29. The zero-order valence-electron chi connectivity index (χ0n) is 10.9. The van der Waals surface area contributed by atoms with Gasteiger partial charge in [-0.2, -0.15) is 0 Å². The van der Waals surface area contributed by atoms with Gasteiger partial charge in [0.25, 0.3) is 5.69 Å². The highest BCUT2D eigenvalue weighted by atomic mass is 32.2. The third kappa shape index (κ3) is 5.61. The van der Waals surface area contributed by atoms with Crippen LogP contribution in [0.3, 0.4) is 0 Å². The molecule has 0 aliphatic rings. The largest absolute Gasteiger partial charge is 0.389 e. The van der Waals surface area contributed by atoms with Crippen molar-refractivity contribution >= 4 is 15.7 Å². The number of non-ortho nitro benzene ring substituents is 1. The highest BCUT2D eigenvalue weighted by molar-refractivity contribution is 7.88. The second-order valence-corrected chi connectivity index (χ2v) is 5.95. The van der Waals surface area contributed by atoms with Crippen molar-refractivity contribution in [3.8, 4) is 0 Å². The van der Waals surface area contributed by atoms with E-state index in [0.717, 1.165) is 0 Å². The molecule has 1 atom stereocenters. The second-order valence-electron chi connectivity index (χ2n) is 4.14. The number of nitro benzene ring substituents is 1. The molecule has 0 aromatic heterocycles. The minimum atomic E-state index is -3.62. The quantitative estimate of drug-likeness (QED) is 0.516. The SMILES string of the molecule is COCC(O)CNS(=O)(=O)Cc1ccc([N+](=O)[O-])cc1. The third-order valence-corrected chi connectivity index (χ3v) is 3.72. The number of nitrogens with one attached hydrogen (secondary N) is 1. The summed E-state index contributed by atoms with van der Waals surface area (Å²) in [4.78, 5) is 9.91. The molecule has 0 amide bonds. The molecular weight excluding hydrogens is 288 g/mol. The van der Waals surface area contributed by atoms with Crippen LogP contribution in [0, 0.1) is 10.1 Å². The molecule has 0 fully saturated rings. The predicted octanol–water partition coefficient (Wildman–Crippen LogP) is 0.0215. The molecule has 0 saturated heterocycles. The Bertz CT molecular complexity index is 543. The Morgan fingerprint density at radius 2 is 2.00 bits per heavy atom. The average Bonchev–Trinajstić information content (AvgIpc) is 2.37. The van der Waals surface area contributed by atoms with Gasteiger partial charge in [0.15, 0.2) is 0 Å². The van der Waals surface area contributed by atoms with E-state index in [9.17, 15) is 23.6 Å². The number of nitro groups is 1. The molecule has 1 aromatic rings. The maximum atomic E-state index is 11.7. The van der Waals surface area contributed by atoms with Gasteiger partial charge in [-0.3, -0.25) is 10.1 Å². The summed E-state index contributed by atoms with van der Waals surface area (Å²) in [6.45, 7) is -0.122. The molecule has 1 unspecified atom stereocenters. The summed E-state index contributed by atoms with van der Waals surface area (Å²) in [5.41, 5.74) is 0.318. The average molecular weight is 304 g/mol. The van der Waals surface area contributed by atoms with E-state index in [1.54, 1.807) is 0 Å². The van der Waals surface area contributed by atoms with Crippen molar-refractivity contribution in [1.29, 1.82) is 0 Å². The Morgan fingerprint density at radius 1 is 1.40 bits per heavy atom. The number of ether oxygens (including phenoxy) is 1. The minimum absolute atomic E-state index is 0.0278. The van der Waals surface area contributed by atoms with Gasteiger partial charge in [-0.25, -0.2) is 13.1 Å². The molecule has 20 heavy (non-hydrogen) atoms. The van der Waals surface area contributed by atoms with Crippen LogP contribution in [0.25, 0.3) is 0 Å². The van der Waals surface area contributed by atoms with Crippen LogP contribution in [0.4, 0.5) is 5.69 Å². The van der Waals surface area contributed by atoms with E-state index >= 15 is 0 Å². The van der Waals surface area contributed by atoms with E-state index in [-0.39, 0.29) is 24.6 Å². The van der Waals surface area contributed by atoms with Crippen molar-refractivity contribution in [3.05, 3.63) is 39.9 Å². The van der Waals surface area contributed by atoms with E-state index in [4.69, 9.17) is 0 Å². The number of methoxy groups -OCH3 is 1. The van der Waals surface area contributed by atoms with Crippen LogP contribution in [0.2, 0.25) is 0 Å². The Kier molecular flexibility index (Phi) is 6.02. The molecule has 112 valence electrons. The van der Waals surface area contributed by atoms with E-state index in [0.29, 0.717) is 5.56 Å². The fourth-order valence-electron chi connectivity index (χ4n) is 1.46. The monoisotopic (exact) mass is 304 g/mol. The molecule has 0 aliphatic carbocycles. The van der Waals surface area contributed by atoms with Crippen molar-refractivity contribution in [2.45, 2.75) is 11.9 Å². The van der Waals surface area contributed by atoms with Gasteiger partial charge in [0.1, 0.15) is 0 Å². The van der Waals surface area contributed by atoms with Crippen molar-refractivity contribution in [1.82, 2.24) is 4.72 Å². The van der Waals surface area contributed by atoms with Gasteiger partial charge >= 0.3 is 0 Å². The zero-order chi connectivity index (χ0) is 15.2. The van der Waals surface area contributed by atoms with Crippen molar-refractivity contribution in [2.75, 3.05) is 20.3 Å². The fourth-order valence-corrected chi connectivity index (χ4v) is 2.64. The third-order valence-electron chi connectivity index (χ3n) is 2.40. The molecular formula is C11H16N2O6S. The van der Waals surface area contributed by atoms with Crippen molar-refractivity contribution < 1.29 is 23.2 Å². The van der Waals surface area contributed by atoms with Crippen molar-refractivity contribution in [2.24, 2.45) is 0 Å². The van der Waals surface area contributed by atoms with Gasteiger partial charge in [-0.1, -0.05) is 12.1 Å². The van der Waals surface area contributed by atoms with Crippen LogP contribution in [0.15, 0.2) is 24.3 Å². The summed E-state index contributed by atoms with van der Waals surface area (Å²) in [7, 11) is -2.22. The maximum Gasteiger partial charge on any atom is 0.269 e. The molecule has 0 bridgehead atoms. The number of hydrogen-bond acceptors (Lipinski definition) is 6. The lowest BCUT2D eigenvalue weighted by atomic mass is 10.2. The molecule has 9 heteroatoms. The van der Waals surface area contributed by atoms with Crippen LogP contribution in [-0.4, -0.2) is 44.8 Å². The minimum Gasteiger partial charge on any atom is -0.389 e. The lowest BCUT2D eigenvalue weighted by Gasteiger charge is -2.11. The van der Waals surface area contributed by atoms with Gasteiger partial charge in [0.2, 0.25) is 10.0 Å². The van der Waals surface area contributed by atoms with Crippen molar-refractivity contribution in [3.63, 3.8) is 0 Å². The van der Waals surface area contributed by atoms with Gasteiger partial charge in [0.05, 0.1) is 23.4 Å². The standard InChI is InChI=1S/C11H16N2O6S/c1-19-7-11(14)6-12-20(17,18)8-9-2-4-10(5-3-9)13(15)16/h2-5,11-12,14H,6-8H2,1H3. The first-order chi connectivity index (χ1) is 9.34. The highest BCUT2D eigenvalue weighted by Crippen LogP contribution is 2.13. The van der Waals surface area contributed by atoms with Gasteiger partial charge < -0.3 is 9.84 Å². The summed E-state index contributed by atoms with van der Waals surface area (Å²) >= 11 is 0. The van der Waals surface area contributed by atoms with Crippen LogP contribution in [0.5, 0.6) is 0 Å². The van der Waals surface area contributed by atoms with Gasteiger partial charge in [-0.15, -0.1) is 0 Å². The molecule has 8 nitrogen and oxygen atoms in total. The van der Waals surface area contributed by atoms with E-state index < -0.39 is 21.1 Å². The van der Waals surface area contributed by atoms with E-state index in [1.807, 2.05) is 0 Å². The number of rotatable bonds is 8. The number of aliphatic hydroxyl groups is 1. The number of nitrogens with zero attached hydrogens (tertiary/aromatic N) is 1. The van der Waals surface area contributed by atoms with E-state index in [2.05, 4.69) is 9.46 Å². The highest BCUT2D eigenvalue weighted by Gasteiger charge is 2.14. The Hall–Kier alpha value is -1.55. The van der Waals surface area contributed by atoms with E-state index in [1.165, 1.54) is 31.4 Å². The number of aliphatic hydroxyl groups excluding tert-OH is 1. The Balaban J connectivity index is 2.59. The molecule has 0 spiro atoms. The lowest BCUT2D eigenvalue weighted by molar-refractivity contribution is -0.384. The number of hydrogen-bond donors (Lipinski definition) is 2. The molecule has 2 N–H and O–H groups in total.